The molecule has 0 saturated heterocycles. The predicted octanol–water partition coefficient (Wildman–Crippen LogP) is 2.46. The Bertz CT molecular complexity index is 84.6. The first-order valence-corrected chi connectivity index (χ1v) is 8.15. The van der Waals surface area contributed by atoms with Gasteiger partial charge in [-0.2, -0.15) is 25.3 Å². The molecule has 0 aliphatic carbocycles. The van der Waals surface area contributed by atoms with Gasteiger partial charge in [-0.05, 0) is 55.8 Å². The van der Waals surface area contributed by atoms with Crippen molar-refractivity contribution in [1.29, 1.82) is 0 Å². The van der Waals surface area contributed by atoms with E-state index < -0.39 is 0 Å². The van der Waals surface area contributed by atoms with Crippen molar-refractivity contribution in [2.75, 3.05) is 36.5 Å². The molecule has 0 atom stereocenters. The van der Waals surface area contributed by atoms with Crippen LogP contribution in [0.15, 0.2) is 0 Å². The molecular weight excluding hydrogens is 217 g/mol. The first-order valence-electron chi connectivity index (χ1n) is 4.99. The molecule has 0 amide bonds. The van der Waals surface area contributed by atoms with Crippen LogP contribution in [0, 0.1) is 0 Å². The van der Waals surface area contributed by atoms with Crippen LogP contribution in [-0.2, 0) is 0 Å². The highest BCUT2D eigenvalue weighted by Gasteiger charge is 2.05. The van der Waals surface area contributed by atoms with Crippen LogP contribution in [0.4, 0.5) is 0 Å². The van der Waals surface area contributed by atoms with Crippen LogP contribution in [0.1, 0.15) is 19.3 Å². The Morgan fingerprint density at radius 2 is 1.31 bits per heavy atom. The van der Waals surface area contributed by atoms with Crippen molar-refractivity contribution in [3.05, 3.63) is 0 Å². The Labute approximate surface area is 94.8 Å². The molecule has 1 nitrogen and oxygen atoms in total. The summed E-state index contributed by atoms with van der Waals surface area (Å²) in [6.07, 6.45) is 7.86. The molecule has 0 aromatic heterocycles. The number of nitrogens with two attached hydrogens (primary N) is 1. The van der Waals surface area contributed by atoms with Crippen molar-refractivity contribution >= 4 is 33.2 Å². The fourth-order valence-corrected chi connectivity index (χ4v) is 4.57. The van der Waals surface area contributed by atoms with E-state index >= 15 is 0 Å². The zero-order chi connectivity index (χ0) is 9.94. The molecule has 0 aliphatic rings. The van der Waals surface area contributed by atoms with Crippen LogP contribution in [0.3, 0.4) is 0 Å². The summed E-state index contributed by atoms with van der Waals surface area (Å²) < 4.78 is 0. The maximum Gasteiger partial charge on any atom is -0.00739 e. The van der Waals surface area contributed by atoms with Crippen LogP contribution in [-0.4, -0.2) is 36.5 Å². The molecule has 0 radical (unpaired) electrons. The lowest BCUT2D eigenvalue weighted by Gasteiger charge is -2.16. The van der Waals surface area contributed by atoms with Gasteiger partial charge < -0.3 is 5.73 Å². The van der Waals surface area contributed by atoms with Crippen LogP contribution >= 0.6 is 33.2 Å². The van der Waals surface area contributed by atoms with Gasteiger partial charge in [-0.1, -0.05) is 0 Å². The van der Waals surface area contributed by atoms with E-state index in [0.717, 1.165) is 18.1 Å². The molecule has 0 bridgehead atoms. The minimum atomic E-state index is 0.244. The van der Waals surface area contributed by atoms with Crippen molar-refractivity contribution in [2.45, 2.75) is 19.3 Å². The average Bonchev–Trinajstić information content (AvgIpc) is 2.17. The topological polar surface area (TPSA) is 26.0 Å². The van der Waals surface area contributed by atoms with Crippen LogP contribution in [0.5, 0.6) is 0 Å². The van der Waals surface area contributed by atoms with Crippen molar-refractivity contribution < 1.29 is 0 Å². The minimum absolute atomic E-state index is 0.244. The Morgan fingerprint density at radius 1 is 0.846 bits per heavy atom. The van der Waals surface area contributed by atoms with Gasteiger partial charge >= 0.3 is 0 Å². The van der Waals surface area contributed by atoms with E-state index in [1.807, 2.05) is 0 Å². The lowest BCUT2D eigenvalue weighted by molar-refractivity contribution is 0.927. The molecule has 0 aliphatic heterocycles. The Morgan fingerprint density at radius 3 is 1.69 bits per heavy atom. The van der Waals surface area contributed by atoms with E-state index in [0.29, 0.717) is 0 Å². The molecule has 0 saturated carbocycles. The quantitative estimate of drug-likeness (QED) is 0.418. The monoisotopic (exact) mass is 239 g/mol. The van der Waals surface area contributed by atoms with Crippen LogP contribution in [0.2, 0.25) is 0 Å². The highest BCUT2D eigenvalue weighted by atomic mass is 32.1. The summed E-state index contributed by atoms with van der Waals surface area (Å²) in [7, 11) is 0.244. The molecule has 80 valence electrons. The van der Waals surface area contributed by atoms with E-state index in [2.05, 4.69) is 25.3 Å². The van der Waals surface area contributed by atoms with Gasteiger partial charge in [-0.15, -0.1) is 7.92 Å². The van der Waals surface area contributed by atoms with Gasteiger partial charge in [0.05, 0.1) is 0 Å². The second-order valence-corrected chi connectivity index (χ2v) is 6.72. The van der Waals surface area contributed by atoms with E-state index in [1.54, 1.807) is 0 Å². The highest BCUT2D eigenvalue weighted by Crippen LogP contribution is 2.37. The zero-order valence-corrected chi connectivity index (χ0v) is 11.0. The first-order chi connectivity index (χ1) is 6.35. The van der Waals surface area contributed by atoms with E-state index in [1.165, 1.54) is 37.7 Å². The van der Waals surface area contributed by atoms with Gasteiger partial charge in [0, 0.05) is 0 Å². The summed E-state index contributed by atoms with van der Waals surface area (Å²) in [5.41, 5.74) is 5.51. The Balaban J connectivity index is 3.47. The third-order valence-electron chi connectivity index (χ3n) is 1.94. The maximum absolute atomic E-state index is 5.51. The molecule has 0 fully saturated rings. The third kappa shape index (κ3) is 9.40. The van der Waals surface area contributed by atoms with Gasteiger partial charge in [-0.3, -0.25) is 0 Å². The molecule has 0 heterocycles. The summed E-state index contributed by atoms with van der Waals surface area (Å²) in [5, 5.41) is 0. The molecule has 0 unspecified atom stereocenters. The molecule has 13 heavy (non-hydrogen) atoms. The number of hydrogen-bond donors (Lipinski definition) is 3. The zero-order valence-electron chi connectivity index (χ0n) is 8.28. The molecule has 0 aromatic rings. The second-order valence-electron chi connectivity index (χ2n) is 3.14. The van der Waals surface area contributed by atoms with Crippen molar-refractivity contribution in [3.63, 3.8) is 0 Å². The fraction of sp³-hybridized carbons (Fsp3) is 1.00. The number of rotatable bonds is 9. The summed E-state index contributed by atoms with van der Waals surface area (Å²) in [6.45, 7) is 0.848. The summed E-state index contributed by atoms with van der Waals surface area (Å²) in [5.74, 6) is 2.06. The Kier molecular flexibility index (Phi) is 12.1. The van der Waals surface area contributed by atoms with E-state index in [4.69, 9.17) is 5.73 Å². The predicted molar refractivity (Wildman–Crippen MR) is 72.1 cm³/mol. The smallest absolute Gasteiger partial charge is 0.00739 e. The number of thiol groups is 2. The van der Waals surface area contributed by atoms with E-state index in [9.17, 15) is 0 Å². The first kappa shape index (κ1) is 14.1. The van der Waals surface area contributed by atoms with Gasteiger partial charge in [0.1, 0.15) is 0 Å². The third-order valence-corrected chi connectivity index (χ3v) is 5.42. The molecule has 2 N–H and O–H groups in total. The van der Waals surface area contributed by atoms with Crippen molar-refractivity contribution in [1.82, 2.24) is 0 Å². The summed E-state index contributed by atoms with van der Waals surface area (Å²) >= 11 is 8.50. The standard InChI is InChI=1S/C9H22NPS2/c10-4-1-5-11(6-2-8-12)7-3-9-13/h12-13H,1-10H2. The van der Waals surface area contributed by atoms with Gasteiger partial charge in [0.25, 0.3) is 0 Å². The minimum Gasteiger partial charge on any atom is -0.330 e. The van der Waals surface area contributed by atoms with Gasteiger partial charge in [0.2, 0.25) is 0 Å². The van der Waals surface area contributed by atoms with Crippen molar-refractivity contribution in [2.24, 2.45) is 5.73 Å². The lowest BCUT2D eigenvalue weighted by atomic mass is 10.5. The van der Waals surface area contributed by atoms with Gasteiger partial charge in [0.15, 0.2) is 0 Å². The van der Waals surface area contributed by atoms with Gasteiger partial charge in [-0.25, -0.2) is 0 Å². The largest absolute Gasteiger partial charge is 0.330 e. The fourth-order valence-electron chi connectivity index (χ4n) is 1.24. The van der Waals surface area contributed by atoms with Crippen molar-refractivity contribution in [3.8, 4) is 0 Å². The summed E-state index contributed by atoms with van der Waals surface area (Å²) in [6, 6.07) is 0. The molecule has 0 spiro atoms. The van der Waals surface area contributed by atoms with Crippen LogP contribution in [0.25, 0.3) is 0 Å². The Hall–Kier alpha value is 1.09. The van der Waals surface area contributed by atoms with E-state index in [-0.39, 0.29) is 7.92 Å². The molecule has 0 rings (SSSR count). The average molecular weight is 239 g/mol. The maximum atomic E-state index is 5.51. The molecular formula is C9H22NPS2. The normalized spacial score (nSPS) is 11.1. The number of hydrogen-bond acceptors (Lipinski definition) is 3. The van der Waals surface area contributed by atoms with Crippen LogP contribution < -0.4 is 5.73 Å². The SMILES string of the molecule is NCCCP(CCCS)CCCS. The lowest BCUT2D eigenvalue weighted by Crippen LogP contribution is -2.04. The molecule has 0 aromatic carbocycles. The summed E-state index contributed by atoms with van der Waals surface area (Å²) in [4.78, 5) is 0. The molecule has 4 heteroatoms. The highest BCUT2D eigenvalue weighted by molar-refractivity contribution is 7.80. The second kappa shape index (κ2) is 11.2.